The first-order chi connectivity index (χ1) is 14.4. The van der Waals surface area contributed by atoms with Crippen molar-refractivity contribution in [3.63, 3.8) is 0 Å². The van der Waals surface area contributed by atoms with Crippen molar-refractivity contribution < 1.29 is 8.85 Å². The van der Waals surface area contributed by atoms with Crippen molar-refractivity contribution in [2.24, 2.45) is 35.5 Å². The van der Waals surface area contributed by atoms with Gasteiger partial charge in [0.15, 0.2) is 0 Å². The van der Waals surface area contributed by atoms with E-state index in [0.29, 0.717) is 10.1 Å². The molecule has 8 fully saturated rings. The van der Waals surface area contributed by atoms with Crippen molar-refractivity contribution in [3.05, 3.63) is 0 Å². The molecule has 0 spiro atoms. The predicted molar refractivity (Wildman–Crippen MR) is 129 cm³/mol. The lowest BCUT2D eigenvalue weighted by molar-refractivity contribution is -0.0850. The molecule has 2 nitrogen and oxygen atoms in total. The third-order valence-corrected chi connectivity index (χ3v) is 16.2. The van der Waals surface area contributed by atoms with Crippen LogP contribution in [-0.2, 0) is 8.85 Å². The van der Waals surface area contributed by atoms with Gasteiger partial charge in [-0.3, -0.25) is 0 Å². The highest BCUT2D eigenvalue weighted by Gasteiger charge is 2.76. The molecule has 31 heavy (non-hydrogen) atoms. The zero-order chi connectivity index (χ0) is 21.9. The second kappa shape index (κ2) is 6.63. The van der Waals surface area contributed by atoms with E-state index >= 15 is 0 Å². The van der Waals surface area contributed by atoms with E-state index in [4.69, 9.17) is 8.85 Å². The highest BCUT2D eigenvalue weighted by atomic mass is 28.4. The van der Waals surface area contributed by atoms with Gasteiger partial charge in [-0.1, -0.05) is 0 Å². The number of rotatable bonds is 4. The molecule has 8 aliphatic carbocycles. The maximum atomic E-state index is 7.69. The summed E-state index contributed by atoms with van der Waals surface area (Å²) < 4.78 is 15.4. The first-order valence-corrected chi connectivity index (χ1v) is 15.6. The zero-order valence-electron chi connectivity index (χ0n) is 21.3. The molecule has 0 aliphatic heterocycles. The van der Waals surface area contributed by atoms with E-state index in [2.05, 4.69) is 41.5 Å². The van der Waals surface area contributed by atoms with Gasteiger partial charge in [0, 0.05) is 10.1 Å². The van der Waals surface area contributed by atoms with Gasteiger partial charge in [0.05, 0.1) is 11.2 Å². The van der Waals surface area contributed by atoms with Gasteiger partial charge in [0.25, 0.3) is 0 Å². The van der Waals surface area contributed by atoms with E-state index in [-0.39, 0.29) is 11.2 Å². The molecule has 8 rings (SSSR count). The summed E-state index contributed by atoms with van der Waals surface area (Å²) in [5.74, 6) is 5.75. The molecule has 0 N–H and O–H groups in total. The fourth-order valence-corrected chi connectivity index (χ4v) is 18.0. The molecule has 0 aromatic carbocycles. The smallest absolute Gasteiger partial charge is 0.351 e. The Kier molecular flexibility index (Phi) is 4.63. The monoisotopic (exact) mass is 444 g/mol. The Bertz CT molecular complexity index is 594. The average Bonchev–Trinajstić information content (AvgIpc) is 2.56. The molecule has 3 heteroatoms. The first kappa shape index (κ1) is 21.7. The van der Waals surface area contributed by atoms with E-state index in [1.807, 2.05) is 0 Å². The second-order valence-electron chi connectivity index (χ2n) is 15.4. The van der Waals surface area contributed by atoms with E-state index in [1.54, 1.807) is 0 Å². The van der Waals surface area contributed by atoms with E-state index in [0.717, 1.165) is 35.5 Å². The molecule has 0 unspecified atom stereocenters. The predicted octanol–water partition coefficient (Wildman–Crippen LogP) is 8.00. The van der Waals surface area contributed by atoms with Crippen LogP contribution in [0, 0.1) is 35.5 Å². The molecule has 8 saturated carbocycles. The fourth-order valence-electron chi connectivity index (χ4n) is 10.9. The van der Waals surface area contributed by atoms with Crippen LogP contribution >= 0.6 is 0 Å². The molecular weight excluding hydrogens is 396 g/mol. The third kappa shape index (κ3) is 3.37. The highest BCUT2D eigenvalue weighted by molar-refractivity contribution is 6.74. The van der Waals surface area contributed by atoms with Crippen LogP contribution in [0.3, 0.4) is 0 Å². The molecule has 0 heterocycles. The van der Waals surface area contributed by atoms with Crippen LogP contribution in [0.25, 0.3) is 0 Å². The van der Waals surface area contributed by atoms with Crippen molar-refractivity contribution in [3.8, 4) is 0 Å². The summed E-state index contributed by atoms with van der Waals surface area (Å²) in [6.45, 7) is 14.0. The summed E-state index contributed by atoms with van der Waals surface area (Å²) in [5.41, 5.74) is -0.242. The lowest BCUT2D eigenvalue weighted by Gasteiger charge is -2.71. The van der Waals surface area contributed by atoms with Gasteiger partial charge in [-0.25, -0.2) is 0 Å². The summed E-state index contributed by atoms with van der Waals surface area (Å²) in [6, 6.07) is 0. The van der Waals surface area contributed by atoms with Crippen LogP contribution in [-0.4, -0.2) is 19.8 Å². The molecule has 8 bridgehead atoms. The summed E-state index contributed by atoms with van der Waals surface area (Å²) in [4.78, 5) is 0. The van der Waals surface area contributed by atoms with Crippen LogP contribution in [0.4, 0.5) is 0 Å². The third-order valence-electron chi connectivity index (χ3n) is 10.4. The lowest BCUT2D eigenvalue weighted by atomic mass is 9.55. The van der Waals surface area contributed by atoms with Crippen molar-refractivity contribution in [1.29, 1.82) is 0 Å². The van der Waals surface area contributed by atoms with Gasteiger partial charge < -0.3 is 8.85 Å². The van der Waals surface area contributed by atoms with E-state index in [1.165, 1.54) is 77.0 Å². The van der Waals surface area contributed by atoms with Crippen LogP contribution in [0.5, 0.6) is 0 Å². The molecule has 0 atom stereocenters. The molecular formula is C28H48O2Si. The Balaban J connectivity index is 1.53. The Morgan fingerprint density at radius 2 is 0.710 bits per heavy atom. The summed E-state index contributed by atoms with van der Waals surface area (Å²) in [7, 11) is -2.57. The van der Waals surface area contributed by atoms with E-state index in [9.17, 15) is 0 Å². The first-order valence-electron chi connectivity index (χ1n) is 13.8. The molecule has 8 aliphatic rings. The van der Waals surface area contributed by atoms with Crippen LogP contribution in [0.2, 0.25) is 10.1 Å². The maximum absolute atomic E-state index is 7.69. The summed E-state index contributed by atoms with van der Waals surface area (Å²) >= 11 is 0. The Morgan fingerprint density at radius 1 is 0.484 bits per heavy atom. The fraction of sp³-hybridized carbons (Fsp3) is 1.00. The van der Waals surface area contributed by atoms with E-state index < -0.39 is 8.56 Å². The van der Waals surface area contributed by atoms with Crippen molar-refractivity contribution >= 4 is 8.56 Å². The van der Waals surface area contributed by atoms with Gasteiger partial charge in [-0.2, -0.15) is 0 Å². The highest BCUT2D eigenvalue weighted by Crippen LogP contribution is 2.78. The Hall–Kier alpha value is 0.137. The van der Waals surface area contributed by atoms with Gasteiger partial charge >= 0.3 is 8.56 Å². The maximum Gasteiger partial charge on any atom is 0.351 e. The normalized spacial score (nSPS) is 48.6. The lowest BCUT2D eigenvalue weighted by Crippen LogP contribution is -2.72. The molecule has 0 aromatic rings. The van der Waals surface area contributed by atoms with Crippen molar-refractivity contribution in [1.82, 2.24) is 0 Å². The average molecular weight is 445 g/mol. The van der Waals surface area contributed by atoms with Gasteiger partial charge in [0.1, 0.15) is 0 Å². The molecule has 0 radical (unpaired) electrons. The molecule has 0 saturated heterocycles. The van der Waals surface area contributed by atoms with Gasteiger partial charge in [0.2, 0.25) is 0 Å². The summed E-state index contributed by atoms with van der Waals surface area (Å²) in [6.07, 6.45) is 17.6. The van der Waals surface area contributed by atoms with Crippen molar-refractivity contribution in [2.75, 3.05) is 0 Å². The zero-order valence-corrected chi connectivity index (χ0v) is 22.3. The Morgan fingerprint density at radius 3 is 0.903 bits per heavy atom. The summed E-state index contributed by atoms with van der Waals surface area (Å²) in [5, 5.41) is 0.738. The van der Waals surface area contributed by atoms with Crippen LogP contribution in [0.1, 0.15) is 119 Å². The SMILES string of the molecule is CC(C)(C)O[Si](OC(C)(C)C)(C12CC3CC(CC(C3)C1)C2)C12CC3CC(CC(C3)C1)C2. The second-order valence-corrected chi connectivity index (χ2v) is 19.2. The van der Waals surface area contributed by atoms with Gasteiger partial charge in [-0.05, 0) is 154 Å². The minimum atomic E-state index is -2.57. The number of hydrogen-bond acceptors (Lipinski definition) is 2. The standard InChI is InChI=1S/C28H48O2Si/c1-25(2,3)29-31(30-26(4,5)6,27-13-19-7-20(14-27)9-21(8-19)15-27)28-16-22-10-23(17-28)12-24(11-22)18-28/h19-24H,7-18H2,1-6H3. The quantitative estimate of drug-likeness (QED) is 0.409. The number of hydrogen-bond donors (Lipinski definition) is 0. The molecule has 0 amide bonds. The Labute approximate surface area is 192 Å². The topological polar surface area (TPSA) is 18.5 Å². The van der Waals surface area contributed by atoms with Crippen LogP contribution < -0.4 is 0 Å². The van der Waals surface area contributed by atoms with Crippen molar-refractivity contribution in [2.45, 2.75) is 140 Å². The van der Waals surface area contributed by atoms with Crippen LogP contribution in [0.15, 0.2) is 0 Å². The van der Waals surface area contributed by atoms with Gasteiger partial charge in [-0.15, -0.1) is 0 Å². The minimum Gasteiger partial charge on any atom is -0.389 e. The minimum absolute atomic E-state index is 0.121. The largest absolute Gasteiger partial charge is 0.389 e. The molecule has 176 valence electrons. The molecule has 0 aromatic heterocycles.